The molecule has 3 rings (SSSR count). The van der Waals surface area contributed by atoms with Crippen LogP contribution in [0, 0.1) is 0 Å². The average Bonchev–Trinajstić information content (AvgIpc) is 2.90. The fourth-order valence-electron chi connectivity index (χ4n) is 2.07. The Morgan fingerprint density at radius 2 is 2.10 bits per heavy atom. The van der Waals surface area contributed by atoms with Crippen molar-refractivity contribution in [3.63, 3.8) is 0 Å². The van der Waals surface area contributed by atoms with Crippen LogP contribution in [0.3, 0.4) is 0 Å². The van der Waals surface area contributed by atoms with Crippen LogP contribution in [0.15, 0.2) is 30.3 Å². The molecule has 1 N–H and O–H groups in total. The molecule has 0 bridgehead atoms. The molecule has 102 valence electrons. The molecule has 1 aromatic carbocycles. The molecule has 7 heteroatoms. The van der Waals surface area contributed by atoms with Gasteiger partial charge in [0.25, 0.3) is 0 Å². The summed E-state index contributed by atoms with van der Waals surface area (Å²) in [6.45, 7) is -0.181. The number of benzene rings is 1. The molecule has 0 unspecified atom stereocenters. The van der Waals surface area contributed by atoms with E-state index in [0.29, 0.717) is 20.1 Å². The van der Waals surface area contributed by atoms with Crippen LogP contribution >= 0.6 is 34.5 Å². The van der Waals surface area contributed by atoms with Gasteiger partial charge in [0.05, 0.1) is 15.4 Å². The number of aliphatic carboxylic acids is 1. The van der Waals surface area contributed by atoms with Crippen molar-refractivity contribution < 1.29 is 9.90 Å². The standard InChI is InChI=1S/C13H8Cl2N2O2S/c14-10-5-7(12(15)20-10)13-16-8-3-1-2-4-9(8)17(13)6-11(18)19/h1-5H,6H2,(H,18,19). The Kier molecular flexibility index (Phi) is 3.41. The van der Waals surface area contributed by atoms with Gasteiger partial charge in [-0.1, -0.05) is 35.3 Å². The smallest absolute Gasteiger partial charge is 0.323 e. The number of para-hydroxylation sites is 2. The van der Waals surface area contributed by atoms with Crippen molar-refractivity contribution in [3.8, 4) is 11.4 Å². The van der Waals surface area contributed by atoms with E-state index < -0.39 is 5.97 Å². The molecular weight excluding hydrogens is 319 g/mol. The van der Waals surface area contributed by atoms with E-state index in [-0.39, 0.29) is 6.54 Å². The molecule has 0 fully saturated rings. The number of nitrogens with zero attached hydrogens (tertiary/aromatic N) is 2. The van der Waals surface area contributed by atoms with Gasteiger partial charge in [-0.3, -0.25) is 4.79 Å². The first-order chi connectivity index (χ1) is 9.56. The van der Waals surface area contributed by atoms with Gasteiger partial charge in [0.15, 0.2) is 0 Å². The highest BCUT2D eigenvalue weighted by atomic mass is 35.5. The van der Waals surface area contributed by atoms with Gasteiger partial charge in [-0.25, -0.2) is 4.98 Å². The van der Waals surface area contributed by atoms with Crippen LogP contribution in [0.25, 0.3) is 22.4 Å². The Morgan fingerprint density at radius 3 is 2.75 bits per heavy atom. The topological polar surface area (TPSA) is 55.1 Å². The van der Waals surface area contributed by atoms with Crippen molar-refractivity contribution in [2.75, 3.05) is 0 Å². The summed E-state index contributed by atoms with van der Waals surface area (Å²) in [5, 5.41) is 9.09. The van der Waals surface area contributed by atoms with Gasteiger partial charge in [-0.05, 0) is 18.2 Å². The van der Waals surface area contributed by atoms with Crippen molar-refractivity contribution in [2.45, 2.75) is 6.54 Å². The van der Waals surface area contributed by atoms with Crippen LogP contribution in [0.2, 0.25) is 8.67 Å². The van der Waals surface area contributed by atoms with Crippen molar-refractivity contribution in [1.82, 2.24) is 9.55 Å². The zero-order valence-electron chi connectivity index (χ0n) is 10.0. The van der Waals surface area contributed by atoms with Crippen LogP contribution < -0.4 is 0 Å². The third-order valence-electron chi connectivity index (χ3n) is 2.85. The quantitative estimate of drug-likeness (QED) is 0.786. The third-order valence-corrected chi connectivity index (χ3v) is 4.33. The molecular formula is C13H8Cl2N2O2S. The number of carboxylic acid groups (broad SMARTS) is 1. The van der Waals surface area contributed by atoms with E-state index in [0.717, 1.165) is 11.0 Å². The second kappa shape index (κ2) is 5.09. The van der Waals surface area contributed by atoms with Gasteiger partial charge in [0, 0.05) is 5.56 Å². The monoisotopic (exact) mass is 326 g/mol. The van der Waals surface area contributed by atoms with Gasteiger partial charge in [-0.2, -0.15) is 0 Å². The number of carbonyl (C=O) groups is 1. The number of aromatic nitrogens is 2. The SMILES string of the molecule is O=C(O)Cn1c(-c2cc(Cl)sc2Cl)nc2ccccc21. The molecule has 0 aliphatic heterocycles. The van der Waals surface area contributed by atoms with E-state index >= 15 is 0 Å². The summed E-state index contributed by atoms with van der Waals surface area (Å²) in [6.07, 6.45) is 0. The second-order valence-electron chi connectivity index (χ2n) is 4.14. The van der Waals surface area contributed by atoms with Crippen molar-refractivity contribution in [1.29, 1.82) is 0 Å². The highest BCUT2D eigenvalue weighted by Gasteiger charge is 2.18. The minimum absolute atomic E-state index is 0.181. The minimum atomic E-state index is -0.938. The Bertz CT molecular complexity index is 810. The highest BCUT2D eigenvalue weighted by Crippen LogP contribution is 2.38. The van der Waals surface area contributed by atoms with E-state index in [1.54, 1.807) is 10.6 Å². The first kappa shape index (κ1) is 13.4. The van der Waals surface area contributed by atoms with E-state index in [1.807, 2.05) is 24.3 Å². The van der Waals surface area contributed by atoms with E-state index in [1.165, 1.54) is 11.3 Å². The van der Waals surface area contributed by atoms with Crippen LogP contribution in [-0.2, 0) is 11.3 Å². The predicted octanol–water partition coefficient (Wildman–Crippen LogP) is 4.16. The zero-order valence-corrected chi connectivity index (χ0v) is 12.3. The first-order valence-electron chi connectivity index (χ1n) is 5.68. The van der Waals surface area contributed by atoms with Crippen molar-refractivity contribution in [2.24, 2.45) is 0 Å². The van der Waals surface area contributed by atoms with Crippen LogP contribution in [0.4, 0.5) is 0 Å². The molecule has 0 atom stereocenters. The van der Waals surface area contributed by atoms with Crippen molar-refractivity contribution in [3.05, 3.63) is 39.0 Å². The number of fused-ring (bicyclic) bond motifs is 1. The maximum absolute atomic E-state index is 11.1. The summed E-state index contributed by atoms with van der Waals surface area (Å²) in [5.74, 6) is -0.423. The number of imidazole rings is 1. The van der Waals surface area contributed by atoms with Crippen LogP contribution in [0.5, 0.6) is 0 Å². The molecule has 20 heavy (non-hydrogen) atoms. The van der Waals surface area contributed by atoms with Gasteiger partial charge < -0.3 is 9.67 Å². The van der Waals surface area contributed by atoms with Crippen LogP contribution in [-0.4, -0.2) is 20.6 Å². The maximum Gasteiger partial charge on any atom is 0.323 e. The fourth-order valence-corrected chi connectivity index (χ4v) is 3.52. The van der Waals surface area contributed by atoms with Crippen LogP contribution in [0.1, 0.15) is 0 Å². The lowest BCUT2D eigenvalue weighted by atomic mass is 10.3. The first-order valence-corrected chi connectivity index (χ1v) is 7.26. The molecule has 0 saturated carbocycles. The minimum Gasteiger partial charge on any atom is -0.480 e. The summed E-state index contributed by atoms with van der Waals surface area (Å²) < 4.78 is 2.66. The summed E-state index contributed by atoms with van der Waals surface area (Å²) in [5.41, 5.74) is 2.13. The molecule has 0 spiro atoms. The Balaban J connectivity index is 2.28. The Hall–Kier alpha value is -1.56. The third kappa shape index (κ3) is 2.28. The number of hydrogen-bond acceptors (Lipinski definition) is 3. The molecule has 0 saturated heterocycles. The molecule has 4 nitrogen and oxygen atoms in total. The zero-order chi connectivity index (χ0) is 14.3. The average molecular weight is 327 g/mol. The lowest BCUT2D eigenvalue weighted by Crippen LogP contribution is -2.09. The molecule has 2 aromatic heterocycles. The lowest BCUT2D eigenvalue weighted by molar-refractivity contribution is -0.137. The summed E-state index contributed by atoms with van der Waals surface area (Å²) in [6, 6.07) is 9.06. The Labute approximate surface area is 128 Å². The Morgan fingerprint density at radius 1 is 1.35 bits per heavy atom. The molecule has 0 aliphatic carbocycles. The number of hydrogen-bond donors (Lipinski definition) is 1. The normalized spacial score (nSPS) is 11.1. The number of rotatable bonds is 3. The number of halogens is 2. The maximum atomic E-state index is 11.1. The summed E-state index contributed by atoms with van der Waals surface area (Å²) in [4.78, 5) is 15.6. The van der Waals surface area contributed by atoms with E-state index in [4.69, 9.17) is 28.3 Å². The van der Waals surface area contributed by atoms with Gasteiger partial charge >= 0.3 is 5.97 Å². The molecule has 0 amide bonds. The molecule has 0 radical (unpaired) electrons. The summed E-state index contributed by atoms with van der Waals surface area (Å²) in [7, 11) is 0. The molecule has 3 aromatic rings. The highest BCUT2D eigenvalue weighted by molar-refractivity contribution is 7.20. The molecule has 0 aliphatic rings. The largest absolute Gasteiger partial charge is 0.480 e. The predicted molar refractivity (Wildman–Crippen MR) is 80.7 cm³/mol. The number of carboxylic acids is 1. The lowest BCUT2D eigenvalue weighted by Gasteiger charge is -2.05. The van der Waals surface area contributed by atoms with Gasteiger partial charge in [0.1, 0.15) is 16.7 Å². The van der Waals surface area contributed by atoms with Crippen molar-refractivity contribution >= 4 is 51.5 Å². The van der Waals surface area contributed by atoms with E-state index in [2.05, 4.69) is 4.98 Å². The second-order valence-corrected chi connectivity index (χ2v) is 6.43. The fraction of sp³-hybridized carbons (Fsp3) is 0.0769. The van der Waals surface area contributed by atoms with E-state index in [9.17, 15) is 4.79 Å². The molecule has 2 heterocycles. The van der Waals surface area contributed by atoms with Gasteiger partial charge in [-0.15, -0.1) is 11.3 Å². The number of thiophene rings is 1. The van der Waals surface area contributed by atoms with Gasteiger partial charge in [0.2, 0.25) is 0 Å². The summed E-state index contributed by atoms with van der Waals surface area (Å²) >= 11 is 13.3.